The van der Waals surface area contributed by atoms with Gasteiger partial charge in [0.25, 0.3) is 0 Å². The molecule has 0 bridgehead atoms. The molecule has 2 aliphatic rings. The summed E-state index contributed by atoms with van der Waals surface area (Å²) >= 11 is 5.87. The van der Waals surface area contributed by atoms with Crippen LogP contribution in [0.5, 0.6) is 11.5 Å². The number of nitrogens with zero attached hydrogens (tertiary/aromatic N) is 3. The molecule has 2 atom stereocenters. The topological polar surface area (TPSA) is 51.6 Å². The molecule has 2 aliphatic heterocycles. The second kappa shape index (κ2) is 7.94. The van der Waals surface area contributed by atoms with E-state index >= 15 is 0 Å². The molecule has 2 aromatic carbocycles. The lowest BCUT2D eigenvalue weighted by molar-refractivity contribution is 0.174. The first-order valence-corrected chi connectivity index (χ1v) is 11.2. The maximum atomic E-state index is 5.87. The van der Waals surface area contributed by atoms with Crippen molar-refractivity contribution in [3.8, 4) is 17.2 Å². The van der Waals surface area contributed by atoms with E-state index in [0.717, 1.165) is 34.3 Å². The van der Waals surface area contributed by atoms with Gasteiger partial charge in [0.05, 0.1) is 11.7 Å². The van der Waals surface area contributed by atoms with Gasteiger partial charge in [-0.25, -0.2) is 0 Å². The summed E-state index contributed by atoms with van der Waals surface area (Å²) in [7, 11) is 0. The van der Waals surface area contributed by atoms with Gasteiger partial charge in [-0.1, -0.05) is 24.3 Å². The van der Waals surface area contributed by atoms with Gasteiger partial charge in [-0.2, -0.15) is 0 Å². The molecule has 6 nitrogen and oxygen atoms in total. The van der Waals surface area contributed by atoms with Crippen LogP contribution in [0.2, 0.25) is 0 Å². The average molecular weight is 455 g/mol. The van der Waals surface area contributed by atoms with Crippen molar-refractivity contribution in [1.82, 2.24) is 14.9 Å². The Bertz CT molecular complexity index is 1340. The highest BCUT2D eigenvalue weighted by Crippen LogP contribution is 2.45. The number of anilines is 1. The van der Waals surface area contributed by atoms with Gasteiger partial charge in [0.15, 0.2) is 16.6 Å². The van der Waals surface area contributed by atoms with Crippen molar-refractivity contribution in [2.45, 2.75) is 19.0 Å². The first kappa shape index (κ1) is 19.8. The number of nitrogens with one attached hydrogen (secondary N) is 1. The molecule has 164 valence electrons. The fourth-order valence-corrected chi connectivity index (χ4v) is 5.00. The van der Waals surface area contributed by atoms with Gasteiger partial charge >= 0.3 is 0 Å². The zero-order chi connectivity index (χ0) is 22.4. The van der Waals surface area contributed by atoms with Crippen molar-refractivity contribution >= 4 is 23.0 Å². The Morgan fingerprint density at radius 2 is 1.82 bits per heavy atom. The number of thiocarbonyl (C=S) groups is 1. The highest BCUT2D eigenvalue weighted by atomic mass is 32.1. The lowest BCUT2D eigenvalue weighted by Crippen LogP contribution is -2.30. The number of hydrogen-bond donors (Lipinski definition) is 1. The number of hydrogen-bond acceptors (Lipinski definition) is 4. The molecule has 2 aromatic heterocycles. The highest BCUT2D eigenvalue weighted by molar-refractivity contribution is 7.80. The van der Waals surface area contributed by atoms with Gasteiger partial charge in [0.1, 0.15) is 6.04 Å². The largest absolute Gasteiger partial charge is 0.454 e. The maximum Gasteiger partial charge on any atom is 0.231 e. The Balaban J connectivity index is 1.52. The standard InChI is InChI=1S/C26H22N4O2S/c1-17-7-2-3-9-20(17)29-14-6-10-21(29)25-24(19-8-4-5-13-27-19)28-26(33)30(25)18-11-12-22-23(15-18)32-16-31-22/h2-15,24-25H,16H2,1H3,(H,28,33)/t24-,25+/m0/s1. The minimum Gasteiger partial charge on any atom is -0.454 e. The van der Waals surface area contributed by atoms with Gasteiger partial charge in [0.2, 0.25) is 6.79 Å². The van der Waals surface area contributed by atoms with E-state index in [9.17, 15) is 0 Å². The van der Waals surface area contributed by atoms with Crippen LogP contribution < -0.4 is 19.7 Å². The molecule has 1 fully saturated rings. The van der Waals surface area contributed by atoms with Gasteiger partial charge < -0.3 is 24.3 Å². The molecule has 0 unspecified atom stereocenters. The van der Waals surface area contributed by atoms with Crippen LogP contribution in [-0.4, -0.2) is 21.5 Å². The predicted molar refractivity (Wildman–Crippen MR) is 131 cm³/mol. The minimum atomic E-state index is -0.123. The number of rotatable bonds is 4. The Labute approximate surface area is 197 Å². The van der Waals surface area contributed by atoms with Crippen molar-refractivity contribution in [3.05, 3.63) is 102 Å². The summed E-state index contributed by atoms with van der Waals surface area (Å²) in [6.07, 6.45) is 3.92. The summed E-state index contributed by atoms with van der Waals surface area (Å²) in [4.78, 5) is 6.81. The van der Waals surface area contributed by atoms with Crippen LogP contribution in [0.15, 0.2) is 85.2 Å². The molecule has 1 saturated heterocycles. The second-order valence-corrected chi connectivity index (χ2v) is 8.51. The average Bonchev–Trinajstić information content (AvgIpc) is 3.57. The third-order valence-electron chi connectivity index (χ3n) is 6.19. The number of para-hydroxylation sites is 1. The first-order chi connectivity index (χ1) is 16.2. The summed E-state index contributed by atoms with van der Waals surface area (Å²) in [6.45, 7) is 2.36. The van der Waals surface area contributed by atoms with Crippen molar-refractivity contribution in [2.75, 3.05) is 11.7 Å². The quantitative estimate of drug-likeness (QED) is 0.434. The Morgan fingerprint density at radius 1 is 0.970 bits per heavy atom. The molecule has 6 rings (SSSR count). The van der Waals surface area contributed by atoms with Crippen LogP contribution in [0, 0.1) is 6.92 Å². The van der Waals surface area contributed by atoms with Gasteiger partial charge in [0, 0.05) is 35.5 Å². The van der Waals surface area contributed by atoms with Crippen molar-refractivity contribution in [2.24, 2.45) is 0 Å². The summed E-state index contributed by atoms with van der Waals surface area (Å²) < 4.78 is 13.4. The molecule has 4 aromatic rings. The number of aromatic nitrogens is 2. The van der Waals surface area contributed by atoms with Crippen LogP contribution in [0.1, 0.15) is 29.0 Å². The predicted octanol–water partition coefficient (Wildman–Crippen LogP) is 5.09. The van der Waals surface area contributed by atoms with Crippen molar-refractivity contribution in [1.29, 1.82) is 0 Å². The number of pyridine rings is 1. The van der Waals surface area contributed by atoms with E-state index in [2.05, 4.69) is 69.3 Å². The third kappa shape index (κ3) is 3.32. The fraction of sp³-hybridized carbons (Fsp3) is 0.154. The number of fused-ring (bicyclic) bond motifs is 1. The van der Waals surface area contributed by atoms with E-state index in [0.29, 0.717) is 5.11 Å². The van der Waals surface area contributed by atoms with E-state index in [4.69, 9.17) is 21.7 Å². The lowest BCUT2D eigenvalue weighted by atomic mass is 10.0. The molecule has 0 saturated carbocycles. The van der Waals surface area contributed by atoms with E-state index in [1.807, 2.05) is 42.6 Å². The number of benzene rings is 2. The van der Waals surface area contributed by atoms with Crippen LogP contribution in [0.3, 0.4) is 0 Å². The Kier molecular flexibility index (Phi) is 4.77. The fourth-order valence-electron chi connectivity index (χ4n) is 4.66. The molecular formula is C26H22N4O2S. The SMILES string of the molecule is Cc1ccccc1-n1cccc1[C@@H]1[C@H](c2ccccn2)NC(=S)N1c1ccc2c(c1)OCO2. The molecule has 0 spiro atoms. The summed E-state index contributed by atoms with van der Waals surface area (Å²) in [6, 6.07) is 24.3. The van der Waals surface area contributed by atoms with Crippen LogP contribution >= 0.6 is 12.2 Å². The van der Waals surface area contributed by atoms with Gasteiger partial charge in [-0.05, 0) is 67.2 Å². The van der Waals surface area contributed by atoms with Crippen LogP contribution in [0.25, 0.3) is 5.69 Å². The van der Waals surface area contributed by atoms with Gasteiger partial charge in [-0.15, -0.1) is 0 Å². The van der Waals surface area contributed by atoms with E-state index in [1.165, 1.54) is 5.56 Å². The number of aryl methyl sites for hydroxylation is 1. The van der Waals surface area contributed by atoms with E-state index < -0.39 is 0 Å². The van der Waals surface area contributed by atoms with Gasteiger partial charge in [-0.3, -0.25) is 4.98 Å². The molecule has 0 aliphatic carbocycles. The monoisotopic (exact) mass is 454 g/mol. The van der Waals surface area contributed by atoms with E-state index in [1.54, 1.807) is 0 Å². The van der Waals surface area contributed by atoms with Crippen molar-refractivity contribution < 1.29 is 9.47 Å². The molecule has 0 radical (unpaired) electrons. The summed E-state index contributed by atoms with van der Waals surface area (Å²) in [5.74, 6) is 1.47. The first-order valence-electron chi connectivity index (χ1n) is 10.8. The van der Waals surface area contributed by atoms with Crippen LogP contribution in [0.4, 0.5) is 5.69 Å². The third-order valence-corrected chi connectivity index (χ3v) is 6.51. The number of ether oxygens (including phenoxy) is 2. The smallest absolute Gasteiger partial charge is 0.231 e. The minimum absolute atomic E-state index is 0.123. The Morgan fingerprint density at radius 3 is 2.67 bits per heavy atom. The maximum absolute atomic E-state index is 5.87. The summed E-state index contributed by atoms with van der Waals surface area (Å²) in [5.41, 5.74) is 5.33. The Hall–Kier alpha value is -3.84. The molecule has 0 amide bonds. The molecule has 33 heavy (non-hydrogen) atoms. The highest BCUT2D eigenvalue weighted by Gasteiger charge is 2.42. The molecule has 4 heterocycles. The normalized spacial score (nSPS) is 19.1. The molecule has 1 N–H and O–H groups in total. The van der Waals surface area contributed by atoms with Crippen LogP contribution in [-0.2, 0) is 0 Å². The lowest BCUT2D eigenvalue weighted by Gasteiger charge is -2.29. The van der Waals surface area contributed by atoms with Crippen molar-refractivity contribution in [3.63, 3.8) is 0 Å². The zero-order valence-corrected chi connectivity index (χ0v) is 18.8. The molecule has 7 heteroatoms. The zero-order valence-electron chi connectivity index (χ0n) is 18.0. The summed E-state index contributed by atoms with van der Waals surface area (Å²) in [5, 5.41) is 4.17. The van der Waals surface area contributed by atoms with E-state index in [-0.39, 0.29) is 18.9 Å². The second-order valence-electron chi connectivity index (χ2n) is 8.12. The molecular weight excluding hydrogens is 432 g/mol.